The zero-order chi connectivity index (χ0) is 11.8. The van der Waals surface area contributed by atoms with Gasteiger partial charge in [-0.15, -0.1) is 11.3 Å². The molecule has 1 aliphatic rings. The number of aliphatic imine (C=N–C) groups is 1. The van der Waals surface area contributed by atoms with Crippen LogP contribution in [0.3, 0.4) is 0 Å². The molecule has 0 spiro atoms. The summed E-state index contributed by atoms with van der Waals surface area (Å²) in [6, 6.07) is 0. The van der Waals surface area contributed by atoms with Crippen molar-refractivity contribution < 1.29 is 0 Å². The van der Waals surface area contributed by atoms with E-state index in [1.807, 2.05) is 11.7 Å². The van der Waals surface area contributed by atoms with Crippen LogP contribution in [0.15, 0.2) is 27.7 Å². The van der Waals surface area contributed by atoms with Gasteiger partial charge in [-0.3, -0.25) is 4.99 Å². The van der Waals surface area contributed by atoms with Gasteiger partial charge in [-0.05, 0) is 0 Å². The predicted octanol–water partition coefficient (Wildman–Crippen LogP) is 3.81. The molecule has 2 heterocycles. The van der Waals surface area contributed by atoms with E-state index in [0.29, 0.717) is 0 Å². The number of hydrogen-bond acceptors (Lipinski definition) is 3. The van der Waals surface area contributed by atoms with Crippen molar-refractivity contribution >= 4 is 17.6 Å². The Morgan fingerprint density at radius 2 is 1.94 bits per heavy atom. The summed E-state index contributed by atoms with van der Waals surface area (Å²) < 4.78 is 0. The van der Waals surface area contributed by atoms with Gasteiger partial charge >= 0.3 is 0 Å². The zero-order valence-corrected chi connectivity index (χ0v) is 11.1. The lowest BCUT2D eigenvalue weighted by Crippen LogP contribution is -2.37. The molecule has 3 heteroatoms. The van der Waals surface area contributed by atoms with Gasteiger partial charge in [0.05, 0.1) is 11.2 Å². The van der Waals surface area contributed by atoms with Crippen LogP contribution in [-0.2, 0) is 5.41 Å². The zero-order valence-electron chi connectivity index (χ0n) is 10.3. The highest BCUT2D eigenvalue weighted by Crippen LogP contribution is 2.47. The number of hydrogen-bond donors (Lipinski definition) is 0. The third-order valence-corrected chi connectivity index (χ3v) is 4.51. The van der Waals surface area contributed by atoms with Crippen LogP contribution in [0.5, 0.6) is 0 Å². The van der Waals surface area contributed by atoms with Crippen molar-refractivity contribution in [1.29, 1.82) is 0 Å². The Morgan fingerprint density at radius 1 is 1.19 bits per heavy atom. The monoisotopic (exact) mass is 234 g/mol. The average Bonchev–Trinajstić information content (AvgIpc) is 2.91. The van der Waals surface area contributed by atoms with E-state index < -0.39 is 0 Å². The SMILES string of the molecule is CC(C)(C1=CCC=N1)C(C)(C)c1cscn1. The maximum Gasteiger partial charge on any atom is 0.0794 e. The highest BCUT2D eigenvalue weighted by Gasteiger charge is 2.42. The molecule has 0 aromatic carbocycles. The molecule has 0 amide bonds. The first-order valence-corrected chi connectivity index (χ1v) is 6.52. The molecule has 16 heavy (non-hydrogen) atoms. The molecule has 0 atom stereocenters. The summed E-state index contributed by atoms with van der Waals surface area (Å²) in [6.45, 7) is 9.00. The third-order valence-electron chi connectivity index (χ3n) is 3.92. The number of thiazole rings is 1. The number of allylic oxidation sites excluding steroid dienone is 2. The molecule has 0 aliphatic carbocycles. The fourth-order valence-corrected chi connectivity index (χ4v) is 2.67. The molecule has 1 aromatic heterocycles. The molecule has 86 valence electrons. The van der Waals surface area contributed by atoms with E-state index in [0.717, 1.165) is 12.1 Å². The van der Waals surface area contributed by atoms with E-state index in [-0.39, 0.29) is 10.8 Å². The van der Waals surface area contributed by atoms with Crippen molar-refractivity contribution in [1.82, 2.24) is 4.98 Å². The standard InChI is InChI=1S/C13H18N2S/c1-12(2,10-6-5-7-14-10)13(3,4)11-8-16-9-15-11/h6-9H,5H2,1-4H3. The van der Waals surface area contributed by atoms with Gasteiger partial charge in [0.1, 0.15) is 0 Å². The minimum Gasteiger partial charge on any atom is -0.265 e. The summed E-state index contributed by atoms with van der Waals surface area (Å²) in [4.78, 5) is 8.96. The first kappa shape index (κ1) is 11.5. The van der Waals surface area contributed by atoms with Gasteiger partial charge in [0.2, 0.25) is 0 Å². The van der Waals surface area contributed by atoms with Crippen molar-refractivity contribution in [3.05, 3.63) is 28.4 Å². The summed E-state index contributed by atoms with van der Waals surface area (Å²) in [6.07, 6.45) is 5.16. The fourth-order valence-electron chi connectivity index (χ4n) is 1.95. The molecule has 0 unspecified atom stereocenters. The lowest BCUT2D eigenvalue weighted by Gasteiger charge is -2.40. The Hall–Kier alpha value is -0.960. The Kier molecular flexibility index (Phi) is 2.74. The van der Waals surface area contributed by atoms with Crippen LogP contribution in [0.25, 0.3) is 0 Å². The minimum absolute atomic E-state index is 0.000509. The van der Waals surface area contributed by atoms with E-state index in [2.05, 4.69) is 49.1 Å². The Labute approximate surface area is 101 Å². The molecule has 0 saturated heterocycles. The van der Waals surface area contributed by atoms with Crippen LogP contribution >= 0.6 is 11.3 Å². The van der Waals surface area contributed by atoms with E-state index in [1.54, 1.807) is 11.3 Å². The van der Waals surface area contributed by atoms with Crippen molar-refractivity contribution in [2.24, 2.45) is 10.4 Å². The second-order valence-electron chi connectivity index (χ2n) is 5.26. The lowest BCUT2D eigenvalue weighted by molar-refractivity contribution is 0.242. The van der Waals surface area contributed by atoms with Crippen molar-refractivity contribution in [2.75, 3.05) is 0 Å². The molecule has 0 fully saturated rings. The molecule has 1 aliphatic heterocycles. The van der Waals surface area contributed by atoms with Gasteiger partial charge < -0.3 is 0 Å². The largest absolute Gasteiger partial charge is 0.265 e. The maximum atomic E-state index is 4.50. The van der Waals surface area contributed by atoms with E-state index in [4.69, 9.17) is 0 Å². The third kappa shape index (κ3) is 1.63. The Morgan fingerprint density at radius 3 is 2.44 bits per heavy atom. The van der Waals surface area contributed by atoms with Crippen molar-refractivity contribution in [3.63, 3.8) is 0 Å². The quantitative estimate of drug-likeness (QED) is 0.780. The molecule has 0 radical (unpaired) electrons. The fraction of sp³-hybridized carbons (Fsp3) is 0.538. The summed E-state index contributed by atoms with van der Waals surface area (Å²) in [5.74, 6) is 0. The molecule has 0 N–H and O–H groups in total. The molecular formula is C13H18N2S. The summed E-state index contributed by atoms with van der Waals surface area (Å²) in [7, 11) is 0. The van der Waals surface area contributed by atoms with Crippen LogP contribution < -0.4 is 0 Å². The minimum atomic E-state index is 0.000509. The summed E-state index contributed by atoms with van der Waals surface area (Å²) in [5.41, 5.74) is 4.25. The normalized spacial score (nSPS) is 16.6. The van der Waals surface area contributed by atoms with E-state index >= 15 is 0 Å². The molecule has 2 rings (SSSR count). The number of aromatic nitrogens is 1. The smallest absolute Gasteiger partial charge is 0.0794 e. The van der Waals surface area contributed by atoms with Gasteiger partial charge in [0.25, 0.3) is 0 Å². The first-order chi connectivity index (χ1) is 7.46. The van der Waals surface area contributed by atoms with Gasteiger partial charge in [-0.1, -0.05) is 33.8 Å². The highest BCUT2D eigenvalue weighted by molar-refractivity contribution is 7.07. The molecule has 1 aromatic rings. The van der Waals surface area contributed by atoms with Crippen molar-refractivity contribution in [2.45, 2.75) is 39.5 Å². The van der Waals surface area contributed by atoms with Gasteiger partial charge in [0.15, 0.2) is 0 Å². The second-order valence-corrected chi connectivity index (χ2v) is 5.98. The van der Waals surface area contributed by atoms with Crippen LogP contribution in [0, 0.1) is 5.41 Å². The first-order valence-electron chi connectivity index (χ1n) is 5.58. The number of nitrogens with zero attached hydrogens (tertiary/aromatic N) is 2. The Bertz CT molecular complexity index is 425. The van der Waals surface area contributed by atoms with Gasteiger partial charge in [-0.25, -0.2) is 4.98 Å². The summed E-state index contributed by atoms with van der Waals surface area (Å²) in [5, 5.41) is 2.14. The predicted molar refractivity (Wildman–Crippen MR) is 70.1 cm³/mol. The second kappa shape index (κ2) is 3.81. The van der Waals surface area contributed by atoms with Crippen LogP contribution in [0.2, 0.25) is 0 Å². The molecular weight excluding hydrogens is 216 g/mol. The van der Waals surface area contributed by atoms with E-state index in [1.165, 1.54) is 5.70 Å². The molecule has 2 nitrogen and oxygen atoms in total. The maximum absolute atomic E-state index is 4.50. The van der Waals surface area contributed by atoms with Crippen molar-refractivity contribution in [3.8, 4) is 0 Å². The molecule has 0 saturated carbocycles. The number of rotatable bonds is 3. The van der Waals surface area contributed by atoms with Gasteiger partial charge in [-0.2, -0.15) is 0 Å². The topological polar surface area (TPSA) is 25.2 Å². The summed E-state index contributed by atoms with van der Waals surface area (Å²) >= 11 is 1.66. The molecule has 0 bridgehead atoms. The Balaban J connectivity index is 2.39. The van der Waals surface area contributed by atoms with Crippen LogP contribution in [-0.4, -0.2) is 11.2 Å². The van der Waals surface area contributed by atoms with Gasteiger partial charge in [0, 0.05) is 34.5 Å². The average molecular weight is 234 g/mol. The highest BCUT2D eigenvalue weighted by atomic mass is 32.1. The lowest BCUT2D eigenvalue weighted by atomic mass is 9.64. The van der Waals surface area contributed by atoms with E-state index in [9.17, 15) is 0 Å². The van der Waals surface area contributed by atoms with Crippen LogP contribution in [0.1, 0.15) is 39.8 Å². The van der Waals surface area contributed by atoms with Crippen LogP contribution in [0.4, 0.5) is 0 Å².